The van der Waals surface area contributed by atoms with Gasteiger partial charge >= 0.3 is 0 Å². The fourth-order valence-corrected chi connectivity index (χ4v) is 4.67. The number of nitrogen functional groups attached to an aromatic ring is 1. The molecule has 0 saturated carbocycles. The van der Waals surface area contributed by atoms with Gasteiger partial charge in [-0.05, 0) is 45.7 Å². The minimum atomic E-state index is -0.477. The maximum absolute atomic E-state index is 11.3. The highest BCUT2D eigenvalue weighted by Crippen LogP contribution is 2.28. The van der Waals surface area contributed by atoms with E-state index in [-0.39, 0.29) is 46.7 Å². The molecule has 2 amide bonds. The van der Waals surface area contributed by atoms with Crippen molar-refractivity contribution in [3.8, 4) is 11.5 Å². The van der Waals surface area contributed by atoms with Crippen LogP contribution in [0, 0.1) is 30.9 Å². The van der Waals surface area contributed by atoms with Crippen LogP contribution in [0.1, 0.15) is 76.7 Å². The van der Waals surface area contributed by atoms with Gasteiger partial charge in [-0.25, -0.2) is 29.9 Å². The van der Waals surface area contributed by atoms with Crippen molar-refractivity contribution >= 4 is 55.1 Å². The summed E-state index contributed by atoms with van der Waals surface area (Å²) in [6.07, 6.45) is 6.86. The van der Waals surface area contributed by atoms with Crippen LogP contribution < -0.4 is 16.4 Å². The van der Waals surface area contributed by atoms with E-state index in [1.54, 1.807) is 44.6 Å². The van der Waals surface area contributed by atoms with Crippen LogP contribution in [0.4, 0.5) is 23.1 Å². The molecule has 0 atom stereocenters. The van der Waals surface area contributed by atoms with E-state index in [0.717, 1.165) is 35.4 Å². The number of aromatic nitrogens is 8. The van der Waals surface area contributed by atoms with Crippen molar-refractivity contribution in [3.05, 3.63) is 87.1 Å². The molecule has 53 heavy (non-hydrogen) atoms. The van der Waals surface area contributed by atoms with Gasteiger partial charge in [0.05, 0.1) is 4.92 Å². The highest BCUT2D eigenvalue weighted by Gasteiger charge is 2.14. The number of nitrogens with one attached hydrogen (secondary N) is 2. The third kappa shape index (κ3) is 15.1. The molecule has 0 radical (unpaired) electrons. The molecule has 0 aliphatic heterocycles. The lowest BCUT2D eigenvalue weighted by Gasteiger charge is -2.07. The van der Waals surface area contributed by atoms with Crippen LogP contribution in [0.3, 0.4) is 0 Å². The Hall–Kier alpha value is -5.85. The van der Waals surface area contributed by atoms with Crippen molar-refractivity contribution in [2.75, 3.05) is 16.4 Å². The molecule has 4 N–H and O–H groups in total. The van der Waals surface area contributed by atoms with E-state index < -0.39 is 4.92 Å². The number of nitro benzene ring substituents is 1. The summed E-state index contributed by atoms with van der Waals surface area (Å²) < 4.78 is 5.58. The molecular formula is C34H50BN12O5S-. The summed E-state index contributed by atoms with van der Waals surface area (Å²) in [6, 6.07) is 5.83. The van der Waals surface area contributed by atoms with Gasteiger partial charge in [0.15, 0.2) is 0 Å². The smallest absolute Gasteiger partial charge is 0.277 e. The van der Waals surface area contributed by atoms with Gasteiger partial charge in [0.25, 0.3) is 10.9 Å². The second kappa shape index (κ2) is 22.9. The lowest BCUT2D eigenvalue weighted by atomic mass is 10.2. The van der Waals surface area contributed by atoms with Gasteiger partial charge in [-0.1, -0.05) is 48.9 Å². The predicted molar refractivity (Wildman–Crippen MR) is 213 cm³/mol. The van der Waals surface area contributed by atoms with E-state index in [1.807, 2.05) is 20.8 Å². The maximum Gasteiger partial charge on any atom is 0.277 e. The van der Waals surface area contributed by atoms with E-state index in [4.69, 9.17) is 10.2 Å². The molecule has 5 aromatic rings. The zero-order valence-corrected chi connectivity index (χ0v) is 29.5. The Labute approximate surface area is 315 Å². The molecule has 17 nitrogen and oxygen atoms in total. The number of amides is 2. The van der Waals surface area contributed by atoms with Gasteiger partial charge in [0.2, 0.25) is 17.7 Å². The Kier molecular flexibility index (Phi) is 20.3. The van der Waals surface area contributed by atoms with E-state index in [0.29, 0.717) is 45.6 Å². The molecule has 1 aromatic carbocycles. The molecule has 0 bridgehead atoms. The molecule has 0 spiro atoms. The summed E-state index contributed by atoms with van der Waals surface area (Å²) in [5, 5.41) is 24.3. The first kappa shape index (κ1) is 47.2. The summed E-state index contributed by atoms with van der Waals surface area (Å²) in [5.74, 6) is 3.97. The molecule has 0 fully saturated rings. The third-order valence-corrected chi connectivity index (χ3v) is 7.29. The average Bonchev–Trinajstić information content (AvgIpc) is 3.54. The Morgan fingerprint density at radius 1 is 0.792 bits per heavy atom. The molecule has 0 unspecified atom stereocenters. The second-order valence-corrected chi connectivity index (χ2v) is 11.4. The summed E-state index contributed by atoms with van der Waals surface area (Å²) in [5.41, 5.74) is 8.84. The summed E-state index contributed by atoms with van der Waals surface area (Å²) >= 11 is 1.26. The summed E-state index contributed by atoms with van der Waals surface area (Å²) in [6.45, 7) is 12.3. The number of hydrogen-bond acceptors (Lipinski definition) is 15. The van der Waals surface area contributed by atoms with Crippen LogP contribution in [-0.4, -0.2) is 65.3 Å². The SMILES string of the molecule is C.C.CC(=O)Nc1nc(C)ncc1CSc1nnc(-c2ccc([N+](=O)[O-])cc2)o1.CCc1cnc(C)nc1N.CCc1cnc(C)nc1NC(C)=O.[BH4-]. The molecule has 5 rings (SSSR count). The number of rotatable bonds is 9. The minimum absolute atomic E-state index is 0. The Bertz CT molecular complexity index is 1940. The number of benzene rings is 1. The summed E-state index contributed by atoms with van der Waals surface area (Å²) in [4.78, 5) is 56.9. The second-order valence-electron chi connectivity index (χ2n) is 10.4. The van der Waals surface area contributed by atoms with Crippen LogP contribution >= 0.6 is 11.8 Å². The number of non-ortho nitro benzene ring substituents is 1. The largest absolute Gasteiger partial charge is 0.411 e. The van der Waals surface area contributed by atoms with Crippen molar-refractivity contribution < 1.29 is 18.9 Å². The molecule has 19 heteroatoms. The van der Waals surface area contributed by atoms with Gasteiger partial charge in [0, 0.05) is 72.6 Å². The topological polar surface area (TPSA) is 244 Å². The van der Waals surface area contributed by atoms with Crippen LogP contribution in [0.15, 0.2) is 52.5 Å². The van der Waals surface area contributed by atoms with Gasteiger partial charge in [-0.15, -0.1) is 10.2 Å². The first-order chi connectivity index (χ1) is 23.8. The number of carbonyl (C=O) groups excluding carboxylic acids is 2. The van der Waals surface area contributed by atoms with Crippen LogP contribution in [-0.2, 0) is 28.2 Å². The minimum Gasteiger partial charge on any atom is -0.411 e. The molecule has 0 aliphatic carbocycles. The van der Waals surface area contributed by atoms with E-state index in [1.165, 1.54) is 37.7 Å². The highest BCUT2D eigenvalue weighted by atomic mass is 32.2. The molecule has 0 aliphatic rings. The Morgan fingerprint density at radius 2 is 1.26 bits per heavy atom. The molecule has 4 heterocycles. The number of carbonyl (C=O) groups is 2. The van der Waals surface area contributed by atoms with Crippen molar-refractivity contribution in [2.24, 2.45) is 0 Å². The number of nitrogens with two attached hydrogens (primary N) is 1. The Morgan fingerprint density at radius 3 is 1.74 bits per heavy atom. The van der Waals surface area contributed by atoms with Gasteiger partial charge in [0.1, 0.15) is 34.9 Å². The highest BCUT2D eigenvalue weighted by molar-refractivity contribution is 7.98. The first-order valence-electron chi connectivity index (χ1n) is 15.3. The van der Waals surface area contributed by atoms with Crippen molar-refractivity contribution in [3.63, 3.8) is 0 Å². The number of hydrogen-bond donors (Lipinski definition) is 3. The molecule has 0 saturated heterocycles. The van der Waals surface area contributed by atoms with E-state index in [9.17, 15) is 19.7 Å². The average molecular weight is 750 g/mol. The summed E-state index contributed by atoms with van der Waals surface area (Å²) in [7, 11) is 0. The standard InChI is InChI=1S/C16H14N6O4S.C9H13N3O.C7H11N3.2CH4.BH4/c1-9-17-7-12(14(18-9)19-10(2)23)8-27-16-21-20-15(26-16)11-3-5-13(6-4-11)22(24)25;1-4-8-5-10-6(2)11-9(8)12-7(3)13;1-3-6-4-9-5(2)10-7(6)8;;;/h3-7H,8H2,1-2H3,(H,17,18,19,23);5H,4H2,1-3H3,(H,10,11,12,13);4H,3H2,1-2H3,(H2,8,9,10);3*1H4/q;;;;;-1. The lowest BCUT2D eigenvalue weighted by molar-refractivity contribution is -0.384. The van der Waals surface area contributed by atoms with Gasteiger partial charge in [-0.3, -0.25) is 19.7 Å². The van der Waals surface area contributed by atoms with E-state index in [2.05, 4.69) is 50.7 Å². The number of thioether (sulfide) groups is 1. The van der Waals surface area contributed by atoms with Crippen molar-refractivity contribution in [2.45, 2.75) is 87.1 Å². The quantitative estimate of drug-likeness (QED) is 0.0773. The fraction of sp³-hybridized carbons (Fsp3) is 0.353. The zero-order valence-electron chi connectivity index (χ0n) is 28.7. The normalized spacial score (nSPS) is 9.64. The number of nitro groups is 1. The van der Waals surface area contributed by atoms with Crippen LogP contribution in [0.5, 0.6) is 0 Å². The van der Waals surface area contributed by atoms with E-state index >= 15 is 0 Å². The van der Waals surface area contributed by atoms with Crippen LogP contribution in [0.25, 0.3) is 11.5 Å². The first-order valence-corrected chi connectivity index (χ1v) is 16.3. The number of aryl methyl sites for hydroxylation is 5. The maximum atomic E-state index is 11.3. The van der Waals surface area contributed by atoms with Gasteiger partial charge in [-0.2, -0.15) is 0 Å². The van der Waals surface area contributed by atoms with Crippen molar-refractivity contribution in [1.29, 1.82) is 0 Å². The number of anilines is 3. The predicted octanol–water partition coefficient (Wildman–Crippen LogP) is 5.05. The number of nitrogens with zero attached hydrogens (tertiary/aromatic N) is 9. The van der Waals surface area contributed by atoms with Crippen molar-refractivity contribution in [1.82, 2.24) is 40.1 Å². The fourth-order valence-electron chi connectivity index (χ4n) is 3.94. The molecular weight excluding hydrogens is 699 g/mol. The zero-order chi connectivity index (χ0) is 36.8. The molecule has 286 valence electrons. The molecule has 4 aromatic heterocycles. The lowest BCUT2D eigenvalue weighted by Crippen LogP contribution is -2.11. The van der Waals surface area contributed by atoms with Gasteiger partial charge < -0.3 is 20.8 Å². The Balaban J connectivity index is 0.000000870. The third-order valence-electron chi connectivity index (χ3n) is 6.42. The monoisotopic (exact) mass is 749 g/mol. The van der Waals surface area contributed by atoms with Crippen LogP contribution in [0.2, 0.25) is 0 Å².